The third kappa shape index (κ3) is 3.52. The van der Waals surface area contributed by atoms with E-state index < -0.39 is 15.6 Å². The zero-order valence-corrected chi connectivity index (χ0v) is 12.7. The summed E-state index contributed by atoms with van der Waals surface area (Å²) in [5.74, 6) is 0.638. The normalized spacial score (nSPS) is 13.9. The molecule has 6 nitrogen and oxygen atoms in total. The van der Waals surface area contributed by atoms with Crippen LogP contribution in [0.2, 0.25) is 0 Å². The van der Waals surface area contributed by atoms with Crippen LogP contribution in [0.15, 0.2) is 5.16 Å². The molecule has 0 atom stereocenters. The molecule has 0 aliphatic heterocycles. The second-order valence-corrected chi connectivity index (χ2v) is 8.14. The highest BCUT2D eigenvalue weighted by Gasteiger charge is 2.30. The Morgan fingerprint density at radius 1 is 1.11 bits per heavy atom. The van der Waals surface area contributed by atoms with Crippen molar-refractivity contribution in [2.75, 3.05) is 0 Å². The van der Waals surface area contributed by atoms with E-state index in [1.807, 2.05) is 20.8 Å². The van der Waals surface area contributed by atoms with Gasteiger partial charge >= 0.3 is 0 Å². The van der Waals surface area contributed by atoms with Crippen molar-refractivity contribution in [2.45, 2.75) is 58.7 Å². The van der Waals surface area contributed by atoms with Crippen molar-refractivity contribution in [2.24, 2.45) is 10.6 Å². The number of aromatic nitrogens is 3. The average Bonchev–Trinajstić information content (AvgIpc) is 2.41. The van der Waals surface area contributed by atoms with Crippen LogP contribution in [0.1, 0.15) is 47.4 Å². The molecule has 18 heavy (non-hydrogen) atoms. The minimum Gasteiger partial charge on any atom is -0.295 e. The Hall–Kier alpha value is -0.950. The van der Waals surface area contributed by atoms with Gasteiger partial charge in [-0.3, -0.25) is 4.57 Å². The summed E-state index contributed by atoms with van der Waals surface area (Å²) in [7, 11) is -3.86. The van der Waals surface area contributed by atoms with Crippen LogP contribution in [-0.4, -0.2) is 23.2 Å². The van der Waals surface area contributed by atoms with E-state index in [0.717, 1.165) is 0 Å². The molecule has 0 unspecified atom stereocenters. The van der Waals surface area contributed by atoms with Crippen molar-refractivity contribution < 1.29 is 8.42 Å². The second kappa shape index (κ2) is 4.31. The first kappa shape index (κ1) is 15.1. The van der Waals surface area contributed by atoms with Crippen LogP contribution in [0.5, 0.6) is 0 Å². The summed E-state index contributed by atoms with van der Waals surface area (Å²) >= 11 is 0. The molecular formula is C11H22N4O2S. The smallest absolute Gasteiger partial charge is 0.273 e. The lowest BCUT2D eigenvalue weighted by atomic mass is 9.91. The molecule has 0 fully saturated rings. The van der Waals surface area contributed by atoms with Crippen molar-refractivity contribution in [3.8, 4) is 0 Å². The van der Waals surface area contributed by atoms with Crippen molar-refractivity contribution in [3.05, 3.63) is 5.82 Å². The molecule has 0 aliphatic carbocycles. The van der Waals surface area contributed by atoms with Crippen LogP contribution in [0.4, 0.5) is 0 Å². The van der Waals surface area contributed by atoms with Crippen LogP contribution in [0.3, 0.4) is 0 Å². The maximum Gasteiger partial charge on any atom is 0.273 e. The largest absolute Gasteiger partial charge is 0.295 e. The lowest BCUT2D eigenvalue weighted by molar-refractivity contribution is 0.322. The third-order valence-corrected chi connectivity index (χ3v) is 3.09. The standard InChI is InChI=1S/C11H22N4O2S/c1-10(2,3)7-8-13-14-9(18(12,16)17)15(8)11(4,5)6/h7H2,1-6H3,(H2,12,16,17). The van der Waals surface area contributed by atoms with E-state index in [-0.39, 0.29) is 10.6 Å². The Morgan fingerprint density at radius 2 is 1.61 bits per heavy atom. The maximum absolute atomic E-state index is 11.5. The summed E-state index contributed by atoms with van der Waals surface area (Å²) in [6, 6.07) is 0. The van der Waals surface area contributed by atoms with Gasteiger partial charge in [0.1, 0.15) is 5.82 Å². The van der Waals surface area contributed by atoms with Gasteiger partial charge in [-0.15, -0.1) is 10.2 Å². The minimum atomic E-state index is -3.86. The van der Waals surface area contributed by atoms with Crippen LogP contribution in [-0.2, 0) is 22.0 Å². The topological polar surface area (TPSA) is 90.9 Å². The molecule has 7 heteroatoms. The Balaban J connectivity index is 3.44. The van der Waals surface area contributed by atoms with Crippen LogP contribution in [0, 0.1) is 5.41 Å². The molecule has 1 rings (SSSR count). The summed E-state index contributed by atoms with van der Waals surface area (Å²) in [5.41, 5.74) is -0.447. The number of rotatable bonds is 2. The predicted octanol–water partition coefficient (Wildman–Crippen LogP) is 1.27. The number of nitrogens with zero attached hydrogens (tertiary/aromatic N) is 3. The fourth-order valence-corrected chi connectivity index (χ4v) is 2.54. The van der Waals surface area contributed by atoms with E-state index in [1.165, 1.54) is 0 Å². The monoisotopic (exact) mass is 274 g/mol. The van der Waals surface area contributed by atoms with Gasteiger partial charge in [0, 0.05) is 12.0 Å². The molecule has 1 aromatic heterocycles. The van der Waals surface area contributed by atoms with E-state index in [0.29, 0.717) is 12.2 Å². The van der Waals surface area contributed by atoms with E-state index in [4.69, 9.17) is 5.14 Å². The number of sulfonamides is 1. The molecule has 0 spiro atoms. The lowest BCUT2D eigenvalue weighted by Crippen LogP contribution is -2.31. The first-order valence-electron chi connectivity index (χ1n) is 5.80. The molecular weight excluding hydrogens is 252 g/mol. The molecule has 0 saturated carbocycles. The molecule has 0 saturated heterocycles. The third-order valence-electron chi connectivity index (χ3n) is 2.31. The van der Waals surface area contributed by atoms with Crippen molar-refractivity contribution in [1.29, 1.82) is 0 Å². The maximum atomic E-state index is 11.5. The Labute approximate surface area is 109 Å². The molecule has 0 bridgehead atoms. The van der Waals surface area contributed by atoms with Gasteiger partial charge in [-0.25, -0.2) is 13.6 Å². The Morgan fingerprint density at radius 3 is 1.94 bits per heavy atom. The quantitative estimate of drug-likeness (QED) is 0.879. The summed E-state index contributed by atoms with van der Waals surface area (Å²) in [6.45, 7) is 11.9. The van der Waals surface area contributed by atoms with E-state index in [2.05, 4.69) is 31.0 Å². The van der Waals surface area contributed by atoms with E-state index >= 15 is 0 Å². The highest BCUT2D eigenvalue weighted by atomic mass is 32.2. The lowest BCUT2D eigenvalue weighted by Gasteiger charge is -2.26. The van der Waals surface area contributed by atoms with Gasteiger partial charge < -0.3 is 0 Å². The number of hydrogen-bond acceptors (Lipinski definition) is 4. The summed E-state index contributed by atoms with van der Waals surface area (Å²) in [5, 5.41) is 12.7. The Bertz CT molecular complexity index is 532. The van der Waals surface area contributed by atoms with E-state index in [9.17, 15) is 8.42 Å². The van der Waals surface area contributed by atoms with Crippen molar-refractivity contribution in [1.82, 2.24) is 14.8 Å². The van der Waals surface area contributed by atoms with Gasteiger partial charge in [0.15, 0.2) is 0 Å². The molecule has 1 aromatic rings. The second-order valence-electron chi connectivity index (χ2n) is 6.69. The van der Waals surface area contributed by atoms with Gasteiger partial charge in [0.2, 0.25) is 0 Å². The molecule has 0 amide bonds. The van der Waals surface area contributed by atoms with Crippen molar-refractivity contribution in [3.63, 3.8) is 0 Å². The predicted molar refractivity (Wildman–Crippen MR) is 69.6 cm³/mol. The SMILES string of the molecule is CC(C)(C)Cc1nnc(S(N)(=O)=O)n1C(C)(C)C. The minimum absolute atomic E-state index is 0.00827. The molecule has 0 aliphatic rings. The molecule has 2 N–H and O–H groups in total. The first-order valence-corrected chi connectivity index (χ1v) is 7.34. The molecule has 1 heterocycles. The zero-order chi connectivity index (χ0) is 14.4. The highest BCUT2D eigenvalue weighted by Crippen LogP contribution is 2.26. The van der Waals surface area contributed by atoms with Gasteiger partial charge in [0.25, 0.3) is 15.2 Å². The fourth-order valence-electron chi connectivity index (χ4n) is 1.75. The average molecular weight is 274 g/mol. The summed E-state index contributed by atoms with van der Waals surface area (Å²) < 4.78 is 24.7. The van der Waals surface area contributed by atoms with E-state index in [1.54, 1.807) is 4.57 Å². The van der Waals surface area contributed by atoms with Gasteiger partial charge in [-0.2, -0.15) is 0 Å². The highest BCUT2D eigenvalue weighted by molar-refractivity contribution is 7.89. The fraction of sp³-hybridized carbons (Fsp3) is 0.818. The van der Waals surface area contributed by atoms with Gasteiger partial charge in [0.05, 0.1) is 0 Å². The van der Waals surface area contributed by atoms with Crippen LogP contribution in [0.25, 0.3) is 0 Å². The number of nitrogens with two attached hydrogens (primary N) is 1. The first-order chi connectivity index (χ1) is 7.82. The Kier molecular flexibility index (Phi) is 3.62. The van der Waals surface area contributed by atoms with Crippen molar-refractivity contribution >= 4 is 10.0 Å². The zero-order valence-electron chi connectivity index (χ0n) is 11.9. The molecule has 0 aromatic carbocycles. The summed E-state index contributed by atoms with van der Waals surface area (Å²) in [4.78, 5) is 0. The summed E-state index contributed by atoms with van der Waals surface area (Å²) in [6.07, 6.45) is 0.632. The van der Waals surface area contributed by atoms with Gasteiger partial charge in [-0.1, -0.05) is 20.8 Å². The molecule has 0 radical (unpaired) electrons. The van der Waals surface area contributed by atoms with Gasteiger partial charge in [-0.05, 0) is 26.2 Å². The van der Waals surface area contributed by atoms with Crippen LogP contribution >= 0.6 is 0 Å². The van der Waals surface area contributed by atoms with Crippen LogP contribution < -0.4 is 5.14 Å². The molecule has 104 valence electrons. The number of hydrogen-bond donors (Lipinski definition) is 1. The number of primary sulfonamides is 1.